The normalized spacial score (nSPS) is 10.7. The number of amides is 1. The maximum absolute atomic E-state index is 12.2. The van der Waals surface area contributed by atoms with Gasteiger partial charge in [0.1, 0.15) is 11.0 Å². The molecule has 0 aliphatic heterocycles. The zero-order chi connectivity index (χ0) is 20.4. The summed E-state index contributed by atoms with van der Waals surface area (Å²) in [4.78, 5) is 17.7. The van der Waals surface area contributed by atoms with Crippen LogP contribution in [0.5, 0.6) is 0 Å². The highest BCUT2D eigenvalue weighted by molar-refractivity contribution is 7.80. The third-order valence-electron chi connectivity index (χ3n) is 4.18. The fourth-order valence-electron chi connectivity index (χ4n) is 2.72. The Morgan fingerprint density at radius 3 is 2.52 bits per heavy atom. The van der Waals surface area contributed by atoms with Gasteiger partial charge in [-0.2, -0.15) is 4.80 Å². The van der Waals surface area contributed by atoms with Crippen LogP contribution >= 0.6 is 23.8 Å². The summed E-state index contributed by atoms with van der Waals surface area (Å²) in [6.07, 6.45) is 3.08. The van der Waals surface area contributed by atoms with Crippen LogP contribution in [0.2, 0.25) is 5.02 Å². The number of rotatable bonds is 3. The number of hydrogen-bond donors (Lipinski definition) is 2. The van der Waals surface area contributed by atoms with Gasteiger partial charge in [0.15, 0.2) is 5.11 Å². The van der Waals surface area contributed by atoms with Gasteiger partial charge >= 0.3 is 0 Å². The van der Waals surface area contributed by atoms with Crippen LogP contribution in [0, 0.1) is 6.92 Å². The zero-order valence-corrected chi connectivity index (χ0v) is 16.8. The lowest BCUT2D eigenvalue weighted by Crippen LogP contribution is -2.34. The number of hydrogen-bond acceptors (Lipinski definition) is 5. The molecular formula is C20H15ClN6OS. The average Bonchev–Trinajstić information content (AvgIpc) is 3.12. The molecule has 1 amide bonds. The van der Waals surface area contributed by atoms with Gasteiger partial charge in [-0.1, -0.05) is 11.6 Å². The van der Waals surface area contributed by atoms with Crippen molar-refractivity contribution in [3.8, 4) is 5.69 Å². The molecule has 2 N–H and O–H groups in total. The van der Waals surface area contributed by atoms with Gasteiger partial charge in [0, 0.05) is 23.1 Å². The highest BCUT2D eigenvalue weighted by atomic mass is 35.5. The number of pyridine rings is 1. The summed E-state index contributed by atoms with van der Waals surface area (Å²) in [5.74, 6) is -0.331. The Bertz CT molecular complexity index is 1210. The van der Waals surface area contributed by atoms with E-state index in [4.69, 9.17) is 23.8 Å². The van der Waals surface area contributed by atoms with Gasteiger partial charge in [0.05, 0.1) is 11.3 Å². The van der Waals surface area contributed by atoms with E-state index >= 15 is 0 Å². The summed E-state index contributed by atoms with van der Waals surface area (Å²) in [6.45, 7) is 1.93. The number of carbonyl (C=O) groups is 1. The predicted octanol–water partition coefficient (Wildman–Crippen LogP) is 3.90. The van der Waals surface area contributed by atoms with E-state index in [0.717, 1.165) is 22.5 Å². The fraction of sp³-hybridized carbons (Fsp3) is 0.0500. The number of halogens is 1. The number of carbonyl (C=O) groups excluding carboxylic acids is 1. The molecule has 0 fully saturated rings. The number of thiocarbonyl (C=S) groups is 1. The summed E-state index contributed by atoms with van der Waals surface area (Å²) in [5, 5.41) is 15.5. The Hall–Kier alpha value is -3.36. The summed E-state index contributed by atoms with van der Waals surface area (Å²) >= 11 is 11.2. The minimum absolute atomic E-state index is 0.186. The molecule has 0 radical (unpaired) electrons. The van der Waals surface area contributed by atoms with E-state index in [1.165, 1.54) is 6.20 Å². The van der Waals surface area contributed by atoms with Crippen molar-refractivity contribution in [2.24, 2.45) is 0 Å². The minimum atomic E-state index is -0.331. The fourth-order valence-corrected chi connectivity index (χ4v) is 3.05. The highest BCUT2D eigenvalue weighted by Crippen LogP contribution is 2.22. The van der Waals surface area contributed by atoms with Crippen LogP contribution in [-0.2, 0) is 0 Å². The quantitative estimate of drug-likeness (QED) is 0.487. The SMILES string of the molecule is Cc1cc2nn(-c3ccc(Cl)cc3)nc2cc1NC(=S)NC(=O)c1cccnc1. The molecule has 0 bridgehead atoms. The maximum Gasteiger partial charge on any atom is 0.258 e. The maximum atomic E-state index is 12.2. The molecule has 2 aromatic heterocycles. The van der Waals surface area contributed by atoms with Gasteiger partial charge in [-0.05, 0) is 73.2 Å². The summed E-state index contributed by atoms with van der Waals surface area (Å²) in [5.41, 5.74) is 4.31. The van der Waals surface area contributed by atoms with E-state index < -0.39 is 0 Å². The van der Waals surface area contributed by atoms with Crippen molar-refractivity contribution in [3.63, 3.8) is 0 Å². The first kappa shape index (κ1) is 19.0. The van der Waals surface area contributed by atoms with Crippen LogP contribution in [0.3, 0.4) is 0 Å². The summed E-state index contributed by atoms with van der Waals surface area (Å²) in [7, 11) is 0. The number of nitrogens with zero attached hydrogens (tertiary/aromatic N) is 4. The lowest BCUT2D eigenvalue weighted by molar-refractivity contribution is 0.0977. The summed E-state index contributed by atoms with van der Waals surface area (Å²) in [6, 6.07) is 14.4. The Morgan fingerprint density at radius 1 is 1.10 bits per heavy atom. The molecule has 2 heterocycles. The second-order valence-corrected chi connectivity index (χ2v) is 7.12. The van der Waals surface area contributed by atoms with Gasteiger partial charge in [-0.3, -0.25) is 15.1 Å². The first-order valence-corrected chi connectivity index (χ1v) is 9.44. The van der Waals surface area contributed by atoms with Crippen LogP contribution in [0.4, 0.5) is 5.69 Å². The van der Waals surface area contributed by atoms with Gasteiger partial charge in [-0.15, -0.1) is 10.2 Å². The molecule has 0 atom stereocenters. The van der Waals surface area contributed by atoms with Crippen molar-refractivity contribution in [2.45, 2.75) is 6.92 Å². The second kappa shape index (κ2) is 7.94. The first-order chi connectivity index (χ1) is 14.0. The first-order valence-electron chi connectivity index (χ1n) is 8.65. The lowest BCUT2D eigenvalue weighted by atomic mass is 10.2. The van der Waals surface area contributed by atoms with E-state index in [-0.39, 0.29) is 11.0 Å². The lowest BCUT2D eigenvalue weighted by Gasteiger charge is -2.11. The Kier molecular flexibility index (Phi) is 5.20. The van der Waals surface area contributed by atoms with Crippen LogP contribution < -0.4 is 10.6 Å². The van der Waals surface area contributed by atoms with Crippen LogP contribution in [0.25, 0.3) is 16.7 Å². The number of anilines is 1. The van der Waals surface area contributed by atoms with Crippen LogP contribution in [-0.4, -0.2) is 31.0 Å². The molecule has 4 rings (SSSR count). The number of aryl methyl sites for hydroxylation is 1. The minimum Gasteiger partial charge on any atom is -0.332 e. The van der Waals surface area contributed by atoms with Crippen molar-refractivity contribution in [2.75, 3.05) is 5.32 Å². The molecule has 0 aliphatic carbocycles. The summed E-state index contributed by atoms with van der Waals surface area (Å²) < 4.78 is 0. The molecule has 144 valence electrons. The van der Waals surface area contributed by atoms with E-state index in [0.29, 0.717) is 16.1 Å². The zero-order valence-electron chi connectivity index (χ0n) is 15.3. The van der Waals surface area contributed by atoms with Crippen LogP contribution in [0.1, 0.15) is 15.9 Å². The van der Waals surface area contributed by atoms with E-state index in [1.807, 2.05) is 31.2 Å². The molecule has 9 heteroatoms. The largest absolute Gasteiger partial charge is 0.332 e. The molecule has 29 heavy (non-hydrogen) atoms. The van der Waals surface area contributed by atoms with Crippen LogP contribution in [0.15, 0.2) is 60.9 Å². The molecule has 0 saturated heterocycles. The standard InChI is InChI=1S/C20H15ClN6OS/c1-12-9-17-18(26-27(25-17)15-6-4-14(21)5-7-15)10-16(12)23-20(29)24-19(28)13-3-2-8-22-11-13/h2-11H,1H3,(H2,23,24,28,29). The second-order valence-electron chi connectivity index (χ2n) is 6.27. The molecular weight excluding hydrogens is 408 g/mol. The topological polar surface area (TPSA) is 84.7 Å². The number of aromatic nitrogens is 4. The number of benzene rings is 2. The Labute approximate surface area is 176 Å². The van der Waals surface area contributed by atoms with Crippen molar-refractivity contribution < 1.29 is 4.79 Å². The van der Waals surface area contributed by atoms with Crippen molar-refractivity contribution in [3.05, 3.63) is 77.1 Å². The third kappa shape index (κ3) is 4.23. The number of fused-ring (bicyclic) bond motifs is 1. The Balaban J connectivity index is 1.54. The van der Waals surface area contributed by atoms with Gasteiger partial charge in [0.2, 0.25) is 0 Å². The van der Waals surface area contributed by atoms with E-state index in [1.54, 1.807) is 35.3 Å². The molecule has 2 aromatic carbocycles. The molecule has 7 nitrogen and oxygen atoms in total. The third-order valence-corrected chi connectivity index (χ3v) is 4.64. The van der Waals surface area contributed by atoms with Gasteiger partial charge in [-0.25, -0.2) is 0 Å². The van der Waals surface area contributed by atoms with Gasteiger partial charge < -0.3 is 5.32 Å². The van der Waals surface area contributed by atoms with Crippen molar-refractivity contribution >= 4 is 51.6 Å². The van der Waals surface area contributed by atoms with Crippen molar-refractivity contribution in [1.29, 1.82) is 0 Å². The number of nitrogens with one attached hydrogen (secondary N) is 2. The van der Waals surface area contributed by atoms with E-state index in [9.17, 15) is 4.79 Å². The molecule has 0 unspecified atom stereocenters. The Morgan fingerprint density at radius 2 is 1.83 bits per heavy atom. The molecule has 4 aromatic rings. The monoisotopic (exact) mass is 422 g/mol. The highest BCUT2D eigenvalue weighted by Gasteiger charge is 2.12. The average molecular weight is 423 g/mol. The molecule has 0 saturated carbocycles. The predicted molar refractivity (Wildman–Crippen MR) is 117 cm³/mol. The molecule has 0 spiro atoms. The van der Waals surface area contributed by atoms with Crippen molar-refractivity contribution in [1.82, 2.24) is 25.3 Å². The molecule has 0 aliphatic rings. The smallest absolute Gasteiger partial charge is 0.258 e. The van der Waals surface area contributed by atoms with E-state index in [2.05, 4.69) is 25.8 Å². The van der Waals surface area contributed by atoms with Gasteiger partial charge in [0.25, 0.3) is 5.91 Å².